The van der Waals surface area contributed by atoms with Crippen LogP contribution in [-0.2, 0) is 5.60 Å². The van der Waals surface area contributed by atoms with Crippen molar-refractivity contribution in [3.63, 3.8) is 0 Å². The smallest absolute Gasteiger partial charge is 0.407 e. The molecule has 2 N–H and O–H groups in total. The van der Waals surface area contributed by atoms with E-state index in [0.29, 0.717) is 13.1 Å². The number of carbonyl (C=O) groups is 1. The third-order valence-corrected chi connectivity index (χ3v) is 4.84. The highest BCUT2D eigenvalue weighted by atomic mass is 16.4. The Bertz CT molecular complexity index is 483. The minimum absolute atomic E-state index is 0.141. The van der Waals surface area contributed by atoms with Crippen LogP contribution in [0.15, 0.2) is 30.3 Å². The van der Waals surface area contributed by atoms with Crippen LogP contribution in [0.25, 0.3) is 0 Å². The van der Waals surface area contributed by atoms with Crippen LogP contribution in [0.2, 0.25) is 0 Å². The third kappa shape index (κ3) is 1.91. The van der Waals surface area contributed by atoms with E-state index in [1.807, 2.05) is 37.3 Å². The lowest BCUT2D eigenvalue weighted by molar-refractivity contribution is -0.151. The molecule has 1 aliphatic carbocycles. The molecular formula is C15H19NO3. The maximum atomic E-state index is 10.8. The maximum Gasteiger partial charge on any atom is 0.407 e. The number of benzene rings is 1. The number of amides is 1. The van der Waals surface area contributed by atoms with Crippen molar-refractivity contribution in [3.05, 3.63) is 35.9 Å². The quantitative estimate of drug-likeness (QED) is 0.858. The molecule has 1 saturated carbocycles. The average molecular weight is 261 g/mol. The van der Waals surface area contributed by atoms with Gasteiger partial charge in [-0.2, -0.15) is 0 Å². The Morgan fingerprint density at radius 1 is 1.32 bits per heavy atom. The number of hydrogen-bond acceptors (Lipinski definition) is 2. The summed E-state index contributed by atoms with van der Waals surface area (Å²) in [7, 11) is 0. The van der Waals surface area contributed by atoms with Gasteiger partial charge in [-0.15, -0.1) is 0 Å². The summed E-state index contributed by atoms with van der Waals surface area (Å²) < 4.78 is 0. The van der Waals surface area contributed by atoms with Gasteiger partial charge in [-0.3, -0.25) is 0 Å². The largest absolute Gasteiger partial charge is 0.465 e. The first-order valence-electron chi connectivity index (χ1n) is 6.69. The summed E-state index contributed by atoms with van der Waals surface area (Å²) >= 11 is 0. The molecule has 102 valence electrons. The second-order valence-electron chi connectivity index (χ2n) is 6.26. The van der Waals surface area contributed by atoms with Crippen LogP contribution in [-0.4, -0.2) is 34.3 Å². The Hall–Kier alpha value is -1.55. The van der Waals surface area contributed by atoms with E-state index in [-0.39, 0.29) is 11.3 Å². The van der Waals surface area contributed by atoms with Crippen LogP contribution in [0.1, 0.15) is 25.3 Å². The summed E-state index contributed by atoms with van der Waals surface area (Å²) in [6.45, 7) is 3.13. The fraction of sp³-hybridized carbons (Fsp3) is 0.533. The second-order valence-corrected chi connectivity index (χ2v) is 6.26. The predicted octanol–water partition coefficient (Wildman–Crippen LogP) is 2.28. The van der Waals surface area contributed by atoms with Crippen molar-refractivity contribution in [1.82, 2.24) is 4.90 Å². The molecule has 0 bridgehead atoms. The van der Waals surface area contributed by atoms with Crippen molar-refractivity contribution >= 4 is 6.09 Å². The van der Waals surface area contributed by atoms with E-state index in [1.165, 1.54) is 4.90 Å². The first kappa shape index (κ1) is 12.5. The number of carboxylic acid groups (broad SMARTS) is 1. The fourth-order valence-corrected chi connectivity index (χ4v) is 3.55. The van der Waals surface area contributed by atoms with Crippen LogP contribution in [0.3, 0.4) is 0 Å². The number of nitrogens with zero attached hydrogens (tertiary/aromatic N) is 1. The van der Waals surface area contributed by atoms with Crippen LogP contribution >= 0.6 is 0 Å². The van der Waals surface area contributed by atoms with Crippen LogP contribution in [0.5, 0.6) is 0 Å². The van der Waals surface area contributed by atoms with Crippen molar-refractivity contribution in [2.75, 3.05) is 13.1 Å². The monoisotopic (exact) mass is 261 g/mol. The van der Waals surface area contributed by atoms with Gasteiger partial charge in [0.05, 0.1) is 5.60 Å². The molecule has 1 atom stereocenters. The van der Waals surface area contributed by atoms with Gasteiger partial charge in [-0.25, -0.2) is 4.79 Å². The summed E-state index contributed by atoms with van der Waals surface area (Å²) in [6, 6.07) is 9.73. The van der Waals surface area contributed by atoms with Crippen molar-refractivity contribution in [3.8, 4) is 0 Å². The van der Waals surface area contributed by atoms with Gasteiger partial charge in [0.25, 0.3) is 0 Å². The Kier molecular flexibility index (Phi) is 2.61. The zero-order valence-electron chi connectivity index (χ0n) is 11.0. The zero-order chi connectivity index (χ0) is 13.7. The SMILES string of the molecule is CC(O)(c1ccccc1)C1CC2(C1)CN(C(=O)O)C2. The van der Waals surface area contributed by atoms with Crippen LogP contribution in [0.4, 0.5) is 4.79 Å². The number of aliphatic hydroxyl groups is 1. The normalized spacial score (nSPS) is 24.4. The fourth-order valence-electron chi connectivity index (χ4n) is 3.55. The lowest BCUT2D eigenvalue weighted by Gasteiger charge is -2.61. The Morgan fingerprint density at radius 3 is 2.42 bits per heavy atom. The molecule has 4 heteroatoms. The molecule has 1 heterocycles. The van der Waals surface area contributed by atoms with Gasteiger partial charge in [-0.05, 0) is 31.2 Å². The first-order valence-corrected chi connectivity index (χ1v) is 6.69. The van der Waals surface area contributed by atoms with Gasteiger partial charge < -0.3 is 15.1 Å². The van der Waals surface area contributed by atoms with Crippen molar-refractivity contribution in [2.24, 2.45) is 11.3 Å². The molecule has 1 spiro atoms. The highest BCUT2D eigenvalue weighted by molar-refractivity contribution is 5.66. The molecular weight excluding hydrogens is 242 g/mol. The lowest BCUT2D eigenvalue weighted by atomic mass is 9.53. The van der Waals surface area contributed by atoms with Crippen molar-refractivity contribution in [1.29, 1.82) is 0 Å². The number of likely N-dealkylation sites (tertiary alicyclic amines) is 1. The molecule has 1 aromatic carbocycles. The van der Waals surface area contributed by atoms with E-state index in [0.717, 1.165) is 18.4 Å². The maximum absolute atomic E-state index is 10.8. The molecule has 1 aliphatic heterocycles. The minimum Gasteiger partial charge on any atom is -0.465 e. The molecule has 0 radical (unpaired) electrons. The summed E-state index contributed by atoms with van der Waals surface area (Å²) in [5, 5.41) is 19.6. The topological polar surface area (TPSA) is 60.8 Å². The van der Waals surface area contributed by atoms with E-state index in [2.05, 4.69) is 0 Å². The summed E-state index contributed by atoms with van der Waals surface area (Å²) in [6.07, 6.45) is 1.00. The third-order valence-electron chi connectivity index (χ3n) is 4.84. The Morgan fingerprint density at radius 2 is 1.89 bits per heavy atom. The first-order chi connectivity index (χ1) is 8.93. The highest BCUT2D eigenvalue weighted by Gasteiger charge is 2.58. The van der Waals surface area contributed by atoms with Gasteiger partial charge in [0.1, 0.15) is 0 Å². The average Bonchev–Trinajstić information content (AvgIpc) is 2.25. The number of hydrogen-bond donors (Lipinski definition) is 2. The van der Waals surface area contributed by atoms with Crippen LogP contribution < -0.4 is 0 Å². The molecule has 1 aromatic rings. The molecule has 1 saturated heterocycles. The summed E-state index contributed by atoms with van der Waals surface area (Å²) in [5.41, 5.74) is 0.280. The molecule has 4 nitrogen and oxygen atoms in total. The Balaban J connectivity index is 1.64. The molecule has 1 amide bonds. The highest BCUT2D eigenvalue weighted by Crippen LogP contribution is 2.57. The van der Waals surface area contributed by atoms with E-state index in [9.17, 15) is 9.90 Å². The van der Waals surface area contributed by atoms with Gasteiger partial charge >= 0.3 is 6.09 Å². The molecule has 2 fully saturated rings. The van der Waals surface area contributed by atoms with Gasteiger partial charge in [-0.1, -0.05) is 30.3 Å². The van der Waals surface area contributed by atoms with E-state index in [1.54, 1.807) is 0 Å². The molecule has 19 heavy (non-hydrogen) atoms. The molecule has 0 aromatic heterocycles. The van der Waals surface area contributed by atoms with Gasteiger partial charge in [0.2, 0.25) is 0 Å². The molecule has 3 rings (SSSR count). The standard InChI is InChI=1S/C15H19NO3/c1-14(19,11-5-3-2-4-6-11)12-7-15(8-12)9-16(10-15)13(17)18/h2-6,12,19H,7-10H2,1H3,(H,17,18). The predicted molar refractivity (Wildman–Crippen MR) is 70.8 cm³/mol. The molecule has 2 aliphatic rings. The summed E-state index contributed by atoms with van der Waals surface area (Å²) in [4.78, 5) is 12.2. The van der Waals surface area contributed by atoms with Crippen molar-refractivity contribution in [2.45, 2.75) is 25.4 Å². The van der Waals surface area contributed by atoms with Gasteiger partial charge in [0.15, 0.2) is 0 Å². The van der Waals surface area contributed by atoms with E-state index < -0.39 is 11.7 Å². The minimum atomic E-state index is -0.830. The van der Waals surface area contributed by atoms with Gasteiger partial charge in [0, 0.05) is 18.5 Å². The van der Waals surface area contributed by atoms with Crippen LogP contribution in [0, 0.1) is 11.3 Å². The Labute approximate surface area is 112 Å². The van der Waals surface area contributed by atoms with E-state index >= 15 is 0 Å². The molecule has 1 unspecified atom stereocenters. The van der Waals surface area contributed by atoms with E-state index in [4.69, 9.17) is 5.11 Å². The zero-order valence-corrected chi connectivity index (χ0v) is 11.0. The number of rotatable bonds is 2. The second kappa shape index (κ2) is 3.97. The summed E-state index contributed by atoms with van der Waals surface area (Å²) in [5.74, 6) is 0.228. The van der Waals surface area contributed by atoms with Crippen molar-refractivity contribution < 1.29 is 15.0 Å². The lowest BCUT2D eigenvalue weighted by Crippen LogP contribution is -2.65.